The number of benzene rings is 2. The molecule has 1 aliphatic carbocycles. The van der Waals surface area contributed by atoms with Crippen molar-refractivity contribution in [2.75, 3.05) is 4.72 Å². The third-order valence-electron chi connectivity index (χ3n) is 6.78. The molecule has 1 fully saturated rings. The standard InChI is InChI=1S/C28H28F3N5O3S/c1-18(2)36-24(13-14-33-36)27-26(32-17-25(34-27)35-40(37,38)23-9-4-3-5-10-23)21-8-6-7-19(15-21)20-11-12-22(16-20)39-28(29,30)31/h3-10,13-15,17-18,20,22H,11-12,16H2,1-2H3,(H,34,35)/t20-,22-/m1/s1. The van der Waals surface area contributed by atoms with Gasteiger partial charge in [-0.05, 0) is 68.9 Å². The van der Waals surface area contributed by atoms with Crippen molar-refractivity contribution in [3.63, 3.8) is 0 Å². The normalized spacial score (nSPS) is 17.9. The van der Waals surface area contributed by atoms with Gasteiger partial charge < -0.3 is 0 Å². The summed E-state index contributed by atoms with van der Waals surface area (Å²) in [4.78, 5) is 9.37. The Balaban J connectivity index is 1.52. The first kappa shape index (κ1) is 27.8. The highest BCUT2D eigenvalue weighted by Crippen LogP contribution is 2.40. The Hall–Kier alpha value is -3.77. The highest BCUT2D eigenvalue weighted by atomic mass is 32.2. The molecule has 0 aliphatic heterocycles. The van der Waals surface area contributed by atoms with Gasteiger partial charge in [0.25, 0.3) is 10.0 Å². The van der Waals surface area contributed by atoms with Gasteiger partial charge in [-0.2, -0.15) is 5.10 Å². The molecule has 2 aromatic heterocycles. The second kappa shape index (κ2) is 11.0. The van der Waals surface area contributed by atoms with Crippen LogP contribution in [-0.4, -0.2) is 40.6 Å². The van der Waals surface area contributed by atoms with Gasteiger partial charge in [0.15, 0.2) is 5.82 Å². The quantitative estimate of drug-likeness (QED) is 0.257. The summed E-state index contributed by atoms with van der Waals surface area (Å²) in [6.45, 7) is 3.93. The number of ether oxygens (including phenoxy) is 1. The molecule has 40 heavy (non-hydrogen) atoms. The molecule has 8 nitrogen and oxygen atoms in total. The molecule has 12 heteroatoms. The van der Waals surface area contributed by atoms with Crippen LogP contribution in [0.1, 0.15) is 50.6 Å². The van der Waals surface area contributed by atoms with Gasteiger partial charge in [-0.3, -0.25) is 19.1 Å². The van der Waals surface area contributed by atoms with Gasteiger partial charge in [-0.15, -0.1) is 13.2 Å². The molecular weight excluding hydrogens is 543 g/mol. The van der Waals surface area contributed by atoms with Crippen molar-refractivity contribution in [1.29, 1.82) is 0 Å². The molecule has 0 spiro atoms. The van der Waals surface area contributed by atoms with Gasteiger partial charge in [0, 0.05) is 17.8 Å². The molecule has 1 N–H and O–H groups in total. The molecule has 0 amide bonds. The lowest BCUT2D eigenvalue weighted by Gasteiger charge is -2.17. The lowest BCUT2D eigenvalue weighted by atomic mass is 9.94. The van der Waals surface area contributed by atoms with E-state index in [0.717, 1.165) is 5.56 Å². The van der Waals surface area contributed by atoms with E-state index in [1.807, 2.05) is 38.1 Å². The summed E-state index contributed by atoms with van der Waals surface area (Å²) < 4.78 is 72.7. The van der Waals surface area contributed by atoms with Gasteiger partial charge in [0.2, 0.25) is 0 Å². The Morgan fingerprint density at radius 3 is 2.52 bits per heavy atom. The van der Waals surface area contributed by atoms with Crippen molar-refractivity contribution >= 4 is 15.8 Å². The first-order chi connectivity index (χ1) is 19.0. The van der Waals surface area contributed by atoms with E-state index in [0.29, 0.717) is 35.5 Å². The topological polar surface area (TPSA) is 99.0 Å². The van der Waals surface area contributed by atoms with E-state index >= 15 is 0 Å². The highest BCUT2D eigenvalue weighted by Gasteiger charge is 2.37. The van der Waals surface area contributed by atoms with Crippen LogP contribution in [0.2, 0.25) is 0 Å². The Morgan fingerprint density at radius 2 is 1.80 bits per heavy atom. The first-order valence-electron chi connectivity index (χ1n) is 12.8. The first-order valence-corrected chi connectivity index (χ1v) is 14.3. The number of nitrogens with one attached hydrogen (secondary N) is 1. The predicted molar refractivity (Wildman–Crippen MR) is 144 cm³/mol. The molecule has 5 rings (SSSR count). The zero-order valence-electron chi connectivity index (χ0n) is 21.8. The predicted octanol–water partition coefficient (Wildman–Crippen LogP) is 6.56. The van der Waals surface area contributed by atoms with Crippen LogP contribution in [0.5, 0.6) is 0 Å². The fourth-order valence-corrected chi connectivity index (χ4v) is 6.02. The maximum Gasteiger partial charge on any atom is 0.522 e. The van der Waals surface area contributed by atoms with Crippen LogP contribution in [0.3, 0.4) is 0 Å². The number of alkyl halides is 3. The molecular formula is C28H28F3N5O3S. The Kier molecular flexibility index (Phi) is 7.65. The minimum Gasteiger partial charge on any atom is -0.289 e. The third kappa shape index (κ3) is 6.18. The summed E-state index contributed by atoms with van der Waals surface area (Å²) in [5.74, 6) is -0.0555. The Bertz CT molecular complexity index is 1590. The van der Waals surface area contributed by atoms with Crippen LogP contribution >= 0.6 is 0 Å². The fraction of sp³-hybridized carbons (Fsp3) is 0.321. The second-order valence-corrected chi connectivity index (χ2v) is 11.6. The van der Waals surface area contributed by atoms with Crippen molar-refractivity contribution < 1.29 is 26.3 Å². The van der Waals surface area contributed by atoms with Crippen LogP contribution in [0.25, 0.3) is 22.6 Å². The molecule has 1 saturated carbocycles. The van der Waals surface area contributed by atoms with Crippen LogP contribution in [0, 0.1) is 0 Å². The number of aromatic nitrogens is 4. The van der Waals surface area contributed by atoms with E-state index in [2.05, 4.69) is 24.5 Å². The van der Waals surface area contributed by atoms with Crippen molar-refractivity contribution in [2.45, 2.75) is 62.4 Å². The highest BCUT2D eigenvalue weighted by molar-refractivity contribution is 7.92. The van der Waals surface area contributed by atoms with Crippen LogP contribution < -0.4 is 4.72 Å². The van der Waals surface area contributed by atoms with Crippen LogP contribution in [0.4, 0.5) is 19.0 Å². The minimum atomic E-state index is -4.66. The third-order valence-corrected chi connectivity index (χ3v) is 8.15. The van der Waals surface area contributed by atoms with E-state index in [1.165, 1.54) is 18.3 Å². The SMILES string of the molecule is CC(C)n1nccc1-c1nc(NS(=O)(=O)c2ccccc2)cnc1-c1cccc([C@@H]2CC[C@@H](OC(F)(F)F)C2)c1. The molecule has 0 saturated heterocycles. The molecule has 2 aromatic carbocycles. The van der Waals surface area contributed by atoms with Gasteiger partial charge >= 0.3 is 6.36 Å². The summed E-state index contributed by atoms with van der Waals surface area (Å²) in [5, 5.41) is 4.40. The number of nitrogens with zero attached hydrogens (tertiary/aromatic N) is 4. The van der Waals surface area contributed by atoms with E-state index in [9.17, 15) is 21.6 Å². The zero-order chi connectivity index (χ0) is 28.5. The van der Waals surface area contributed by atoms with Gasteiger partial charge in [0.1, 0.15) is 5.69 Å². The average Bonchev–Trinajstić information content (AvgIpc) is 3.58. The maximum absolute atomic E-state index is 13.0. The molecule has 4 aromatic rings. The molecule has 2 heterocycles. The molecule has 0 bridgehead atoms. The molecule has 0 unspecified atom stereocenters. The molecule has 210 valence electrons. The minimum absolute atomic E-state index is 0.0142. The number of halogens is 3. The van der Waals surface area contributed by atoms with Crippen LogP contribution in [0.15, 0.2) is 78.0 Å². The van der Waals surface area contributed by atoms with Crippen molar-refractivity contribution in [2.24, 2.45) is 0 Å². The number of anilines is 1. The summed E-state index contributed by atoms with van der Waals surface area (Å²) in [6, 6.07) is 17.2. The van der Waals surface area contributed by atoms with Crippen molar-refractivity contribution in [3.05, 3.63) is 78.6 Å². The fourth-order valence-electron chi connectivity index (χ4n) is 5.02. The number of sulfonamides is 1. The summed E-state index contributed by atoms with van der Waals surface area (Å²) in [7, 11) is -3.91. The van der Waals surface area contributed by atoms with Gasteiger partial charge in [0.05, 0.1) is 28.6 Å². The van der Waals surface area contributed by atoms with Gasteiger partial charge in [-0.25, -0.2) is 13.4 Å². The average molecular weight is 572 g/mol. The van der Waals surface area contributed by atoms with E-state index < -0.39 is 22.5 Å². The number of rotatable bonds is 8. The monoisotopic (exact) mass is 571 g/mol. The van der Waals surface area contributed by atoms with Crippen LogP contribution in [-0.2, 0) is 14.8 Å². The maximum atomic E-state index is 13.0. The second-order valence-electron chi connectivity index (χ2n) is 9.95. The summed E-state index contributed by atoms with van der Waals surface area (Å²) >= 11 is 0. The Labute approximate surface area is 230 Å². The van der Waals surface area contributed by atoms with E-state index in [-0.39, 0.29) is 29.1 Å². The molecule has 2 atom stereocenters. The molecule has 1 aliphatic rings. The smallest absolute Gasteiger partial charge is 0.289 e. The zero-order valence-corrected chi connectivity index (χ0v) is 22.7. The van der Waals surface area contributed by atoms with Gasteiger partial charge in [-0.1, -0.05) is 36.4 Å². The summed E-state index contributed by atoms with van der Waals surface area (Å²) in [6.07, 6.45) is -1.38. The van der Waals surface area contributed by atoms with Crippen molar-refractivity contribution in [3.8, 4) is 22.6 Å². The van der Waals surface area contributed by atoms with Crippen molar-refractivity contribution in [1.82, 2.24) is 19.7 Å². The lowest BCUT2D eigenvalue weighted by molar-refractivity contribution is -0.341. The number of hydrogen-bond acceptors (Lipinski definition) is 6. The Morgan fingerprint density at radius 1 is 1.02 bits per heavy atom. The summed E-state index contributed by atoms with van der Waals surface area (Å²) in [5.41, 5.74) is 3.14. The lowest BCUT2D eigenvalue weighted by Crippen LogP contribution is -2.21. The molecule has 0 radical (unpaired) electrons. The van der Waals surface area contributed by atoms with E-state index in [1.54, 1.807) is 35.1 Å². The number of hydrogen-bond donors (Lipinski definition) is 1. The van der Waals surface area contributed by atoms with E-state index in [4.69, 9.17) is 0 Å². The largest absolute Gasteiger partial charge is 0.522 e.